The van der Waals surface area contributed by atoms with Gasteiger partial charge in [0.15, 0.2) is 0 Å². The Morgan fingerprint density at radius 2 is 1.88 bits per heavy atom. The first-order valence-corrected chi connectivity index (χ1v) is 7.90. The number of aliphatic carboxylic acids is 1. The molecule has 5 nitrogen and oxygen atoms in total. The molecule has 1 saturated heterocycles. The lowest BCUT2D eigenvalue weighted by molar-refractivity contribution is -0.243. The zero-order chi connectivity index (χ0) is 19.0. The minimum atomic E-state index is -4.52. The van der Waals surface area contributed by atoms with Crippen LogP contribution >= 0.6 is 0 Å². The van der Waals surface area contributed by atoms with Crippen LogP contribution in [0.3, 0.4) is 0 Å². The van der Waals surface area contributed by atoms with Crippen molar-refractivity contribution in [3.8, 4) is 0 Å². The lowest BCUT2D eigenvalue weighted by Gasteiger charge is -2.32. The van der Waals surface area contributed by atoms with Gasteiger partial charge >= 0.3 is 12.1 Å². The molecule has 0 aliphatic carbocycles. The van der Waals surface area contributed by atoms with Crippen LogP contribution in [0.4, 0.5) is 13.2 Å². The van der Waals surface area contributed by atoms with Gasteiger partial charge in [-0.3, -0.25) is 4.79 Å². The Hall–Kier alpha value is -1.64. The third-order valence-corrected chi connectivity index (χ3v) is 4.07. The quantitative estimate of drug-likeness (QED) is 0.807. The lowest BCUT2D eigenvalue weighted by Crippen LogP contribution is -2.47. The van der Waals surface area contributed by atoms with E-state index in [-0.39, 0.29) is 18.5 Å². The van der Waals surface area contributed by atoms with Crippen LogP contribution in [0.15, 0.2) is 24.3 Å². The predicted molar refractivity (Wildman–Crippen MR) is 83.8 cm³/mol. The zero-order valence-electron chi connectivity index (χ0n) is 14.2. The molecule has 1 fully saturated rings. The summed E-state index contributed by atoms with van der Waals surface area (Å²) in [4.78, 5) is 12.7. The first-order valence-electron chi connectivity index (χ1n) is 7.90. The average molecular weight is 361 g/mol. The molecule has 0 radical (unpaired) electrons. The third kappa shape index (κ3) is 4.71. The Morgan fingerprint density at radius 3 is 2.40 bits per heavy atom. The van der Waals surface area contributed by atoms with Crippen molar-refractivity contribution in [1.82, 2.24) is 4.90 Å². The summed E-state index contributed by atoms with van der Waals surface area (Å²) in [5, 5.41) is 19.6. The molecule has 2 unspecified atom stereocenters. The highest BCUT2D eigenvalue weighted by atomic mass is 19.4. The molecule has 0 amide bonds. The topological polar surface area (TPSA) is 70.0 Å². The molecule has 1 aliphatic rings. The summed E-state index contributed by atoms with van der Waals surface area (Å²) < 4.78 is 45.1. The van der Waals surface area contributed by atoms with Crippen LogP contribution in [0.1, 0.15) is 44.2 Å². The van der Waals surface area contributed by atoms with Crippen molar-refractivity contribution < 1.29 is 32.9 Å². The average Bonchev–Trinajstić information content (AvgIpc) is 2.90. The normalized spacial score (nSPS) is 23.6. The molecule has 25 heavy (non-hydrogen) atoms. The van der Waals surface area contributed by atoms with Crippen LogP contribution in [0.25, 0.3) is 0 Å². The number of likely N-dealkylation sites (tertiary alicyclic amines) is 1. The van der Waals surface area contributed by atoms with Gasteiger partial charge in [-0.2, -0.15) is 13.2 Å². The molecular formula is C17H22F3NO4. The Balaban J connectivity index is 2.30. The molecule has 0 spiro atoms. The fraction of sp³-hybridized carbons (Fsp3) is 0.588. The van der Waals surface area contributed by atoms with Crippen LogP contribution < -0.4 is 0 Å². The van der Waals surface area contributed by atoms with Crippen molar-refractivity contribution in [3.63, 3.8) is 0 Å². The number of halogens is 3. The smallest absolute Gasteiger partial charge is 0.416 e. The summed E-state index contributed by atoms with van der Waals surface area (Å²) in [6.45, 7) is 5.04. The molecule has 0 saturated carbocycles. The number of aliphatic hydroxyl groups excluding tert-OH is 1. The maximum atomic E-state index is 13.2. The molecular weight excluding hydrogens is 339 g/mol. The number of ether oxygens (including phenoxy) is 1. The van der Waals surface area contributed by atoms with Gasteiger partial charge in [-0.05, 0) is 44.7 Å². The van der Waals surface area contributed by atoms with E-state index in [1.165, 1.54) is 23.1 Å². The Morgan fingerprint density at radius 1 is 1.28 bits per heavy atom. The summed E-state index contributed by atoms with van der Waals surface area (Å²) >= 11 is 0. The van der Waals surface area contributed by atoms with Gasteiger partial charge in [-0.25, -0.2) is 4.90 Å². The highest BCUT2D eigenvalue weighted by Gasteiger charge is 2.44. The third-order valence-electron chi connectivity index (χ3n) is 4.07. The van der Waals surface area contributed by atoms with Gasteiger partial charge in [-0.1, -0.05) is 18.2 Å². The number of carbonyl (C=O) groups is 1. The Kier molecular flexibility index (Phi) is 5.46. The van der Waals surface area contributed by atoms with Gasteiger partial charge in [0.05, 0.1) is 11.2 Å². The molecule has 1 aliphatic heterocycles. The SMILES string of the molecule is CC(C)(C)OC(O)N1CC(c2ccccc2C(F)(F)F)C[C@@H]1C(=O)O. The Labute approximate surface area is 144 Å². The summed E-state index contributed by atoms with van der Waals surface area (Å²) in [7, 11) is 0. The van der Waals surface area contributed by atoms with E-state index in [2.05, 4.69) is 0 Å². The van der Waals surface area contributed by atoms with E-state index in [0.717, 1.165) is 6.07 Å². The Bertz CT molecular complexity index is 627. The van der Waals surface area contributed by atoms with Gasteiger partial charge in [0.1, 0.15) is 6.04 Å². The van der Waals surface area contributed by atoms with Gasteiger partial charge in [0, 0.05) is 6.54 Å². The number of rotatable bonds is 4. The first-order chi connectivity index (χ1) is 11.4. The largest absolute Gasteiger partial charge is 0.480 e. The van der Waals surface area contributed by atoms with Crippen LogP contribution in [0, 0.1) is 0 Å². The van der Waals surface area contributed by atoms with Crippen LogP contribution in [-0.2, 0) is 15.7 Å². The summed E-state index contributed by atoms with van der Waals surface area (Å²) in [5.41, 5.74) is -1.48. The highest BCUT2D eigenvalue weighted by molar-refractivity contribution is 5.74. The molecule has 1 aromatic carbocycles. The fourth-order valence-electron chi connectivity index (χ4n) is 3.07. The molecule has 2 rings (SSSR count). The maximum absolute atomic E-state index is 13.2. The van der Waals surface area contributed by atoms with E-state index >= 15 is 0 Å². The van der Waals surface area contributed by atoms with Crippen molar-refractivity contribution in [2.24, 2.45) is 0 Å². The molecule has 0 bridgehead atoms. The lowest BCUT2D eigenvalue weighted by atomic mass is 9.92. The van der Waals surface area contributed by atoms with Crippen LogP contribution in [-0.4, -0.2) is 45.7 Å². The predicted octanol–water partition coefficient (Wildman–Crippen LogP) is 3.04. The maximum Gasteiger partial charge on any atom is 0.416 e. The van der Waals surface area contributed by atoms with Gasteiger partial charge in [0.2, 0.25) is 6.41 Å². The summed E-state index contributed by atoms with van der Waals surface area (Å²) in [6.07, 6.45) is -6.07. The van der Waals surface area contributed by atoms with Crippen molar-refractivity contribution in [2.75, 3.05) is 6.54 Å². The second-order valence-corrected chi connectivity index (χ2v) is 7.12. The van der Waals surface area contributed by atoms with E-state index in [0.29, 0.717) is 0 Å². The van der Waals surface area contributed by atoms with E-state index < -0.39 is 41.7 Å². The van der Waals surface area contributed by atoms with Crippen molar-refractivity contribution in [3.05, 3.63) is 35.4 Å². The molecule has 3 atom stereocenters. The van der Waals surface area contributed by atoms with Crippen molar-refractivity contribution in [1.29, 1.82) is 0 Å². The molecule has 2 N–H and O–H groups in total. The zero-order valence-corrected chi connectivity index (χ0v) is 14.2. The number of benzene rings is 1. The number of alkyl halides is 3. The number of hydrogen-bond donors (Lipinski definition) is 2. The fourth-order valence-corrected chi connectivity index (χ4v) is 3.07. The molecule has 8 heteroatoms. The van der Waals surface area contributed by atoms with E-state index in [9.17, 15) is 28.2 Å². The highest BCUT2D eigenvalue weighted by Crippen LogP contribution is 2.40. The van der Waals surface area contributed by atoms with Crippen LogP contribution in [0.5, 0.6) is 0 Å². The van der Waals surface area contributed by atoms with Gasteiger partial charge < -0.3 is 14.9 Å². The van der Waals surface area contributed by atoms with Gasteiger partial charge in [0.25, 0.3) is 0 Å². The number of hydrogen-bond acceptors (Lipinski definition) is 4. The van der Waals surface area contributed by atoms with Crippen molar-refractivity contribution in [2.45, 2.75) is 57.3 Å². The second-order valence-electron chi connectivity index (χ2n) is 7.12. The van der Waals surface area contributed by atoms with Crippen molar-refractivity contribution >= 4 is 5.97 Å². The number of carboxylic acids is 1. The second kappa shape index (κ2) is 6.93. The first kappa shape index (κ1) is 19.7. The summed E-state index contributed by atoms with van der Waals surface area (Å²) in [5.74, 6) is -1.87. The monoisotopic (exact) mass is 361 g/mol. The molecule has 1 heterocycles. The summed E-state index contributed by atoms with van der Waals surface area (Å²) in [6, 6.07) is 4.00. The number of aliphatic hydroxyl groups is 1. The standard InChI is InChI=1S/C17H22F3NO4/c1-16(2,3)25-15(24)21-9-10(8-13(21)14(22)23)11-6-4-5-7-12(11)17(18,19)20/h4-7,10,13,15,24H,8-9H2,1-3H3,(H,22,23)/t10?,13-,15?/m1/s1. The molecule has 0 aromatic heterocycles. The minimum Gasteiger partial charge on any atom is -0.480 e. The number of carboxylic acid groups (broad SMARTS) is 1. The minimum absolute atomic E-state index is 0.0340. The van der Waals surface area contributed by atoms with Crippen LogP contribution in [0.2, 0.25) is 0 Å². The van der Waals surface area contributed by atoms with E-state index in [1.807, 2.05) is 0 Å². The molecule has 1 aromatic rings. The molecule has 140 valence electrons. The van der Waals surface area contributed by atoms with E-state index in [4.69, 9.17) is 4.74 Å². The van der Waals surface area contributed by atoms with E-state index in [1.54, 1.807) is 20.8 Å². The number of nitrogens with zero attached hydrogens (tertiary/aromatic N) is 1. The van der Waals surface area contributed by atoms with Gasteiger partial charge in [-0.15, -0.1) is 0 Å².